The van der Waals surface area contributed by atoms with Crippen molar-refractivity contribution in [1.29, 1.82) is 0 Å². The number of hydrogen-bond donors (Lipinski definition) is 1. The molecule has 1 heterocycles. The molecule has 0 aliphatic heterocycles. The first-order chi connectivity index (χ1) is 8.24. The van der Waals surface area contributed by atoms with Crippen LogP contribution in [0.25, 0.3) is 5.57 Å². The number of ether oxygens (including phenoxy) is 1. The first-order valence-corrected chi connectivity index (χ1v) is 5.77. The summed E-state index contributed by atoms with van der Waals surface area (Å²) in [5.41, 5.74) is 7.19. The number of pyridine rings is 1. The number of allylic oxidation sites excluding steroid dienone is 1. The van der Waals surface area contributed by atoms with Gasteiger partial charge < -0.3 is 10.5 Å². The molecule has 0 unspecified atom stereocenters. The Bertz CT molecular complexity index is 467. The van der Waals surface area contributed by atoms with Gasteiger partial charge in [0.15, 0.2) is 0 Å². The molecule has 4 nitrogen and oxygen atoms in total. The van der Waals surface area contributed by atoms with Crippen molar-refractivity contribution in [3.05, 3.63) is 29.2 Å². The molecule has 17 heavy (non-hydrogen) atoms. The molecule has 90 valence electrons. The number of aliphatic imine (C=N–C) groups is 1. The summed E-state index contributed by atoms with van der Waals surface area (Å²) in [7, 11) is 1.58. The highest BCUT2D eigenvalue weighted by Crippen LogP contribution is 2.28. The van der Waals surface area contributed by atoms with Crippen LogP contribution in [0.15, 0.2) is 23.5 Å². The topological polar surface area (TPSA) is 60.5 Å². The minimum atomic E-state index is 0.390. The summed E-state index contributed by atoms with van der Waals surface area (Å²) in [6.07, 6.45) is 7.22. The van der Waals surface area contributed by atoms with Crippen LogP contribution < -0.4 is 10.5 Å². The van der Waals surface area contributed by atoms with Gasteiger partial charge in [0, 0.05) is 35.8 Å². The van der Waals surface area contributed by atoms with E-state index in [-0.39, 0.29) is 0 Å². The highest BCUT2D eigenvalue weighted by molar-refractivity contribution is 6.29. The number of hydrogen-bond acceptors (Lipinski definition) is 4. The molecule has 2 N–H and O–H groups in total. The van der Waals surface area contributed by atoms with Crippen LogP contribution in [0.1, 0.15) is 18.4 Å². The number of aromatic nitrogens is 1. The average molecular weight is 252 g/mol. The van der Waals surface area contributed by atoms with Crippen molar-refractivity contribution in [2.24, 2.45) is 10.7 Å². The second-order valence-corrected chi connectivity index (χ2v) is 4.23. The van der Waals surface area contributed by atoms with Crippen molar-refractivity contribution in [2.45, 2.75) is 18.9 Å². The van der Waals surface area contributed by atoms with E-state index in [1.54, 1.807) is 25.6 Å². The van der Waals surface area contributed by atoms with Crippen molar-refractivity contribution < 1.29 is 4.74 Å². The monoisotopic (exact) mass is 251 g/mol. The van der Waals surface area contributed by atoms with Crippen molar-refractivity contribution in [1.82, 2.24) is 4.98 Å². The van der Waals surface area contributed by atoms with Crippen molar-refractivity contribution in [3.8, 4) is 5.75 Å². The number of nitrogens with two attached hydrogens (primary N) is 1. The minimum Gasteiger partial charge on any atom is -0.496 e. The molecule has 5 heteroatoms. The predicted molar refractivity (Wildman–Crippen MR) is 69.5 cm³/mol. The first-order valence-electron chi connectivity index (χ1n) is 5.39. The van der Waals surface area contributed by atoms with Gasteiger partial charge in [-0.2, -0.15) is 0 Å². The number of halogens is 1. The Balaban J connectivity index is 2.29. The molecular weight excluding hydrogens is 238 g/mol. The van der Waals surface area contributed by atoms with Gasteiger partial charge in [-0.1, -0.05) is 11.6 Å². The summed E-state index contributed by atoms with van der Waals surface area (Å²) >= 11 is 5.81. The number of methoxy groups -OCH3 is 1. The van der Waals surface area contributed by atoms with Gasteiger partial charge >= 0.3 is 0 Å². The molecule has 1 aromatic rings. The van der Waals surface area contributed by atoms with E-state index in [0.29, 0.717) is 16.9 Å². The lowest BCUT2D eigenvalue weighted by Gasteiger charge is -2.08. The maximum Gasteiger partial charge on any atom is 0.132 e. The van der Waals surface area contributed by atoms with Crippen LogP contribution in [0.4, 0.5) is 0 Å². The van der Waals surface area contributed by atoms with Crippen LogP contribution in [-0.2, 0) is 0 Å². The summed E-state index contributed by atoms with van der Waals surface area (Å²) in [6, 6.07) is 2.11. The maximum atomic E-state index is 5.81. The molecule has 1 fully saturated rings. The fourth-order valence-corrected chi connectivity index (χ4v) is 1.56. The van der Waals surface area contributed by atoms with Gasteiger partial charge in [0.1, 0.15) is 10.9 Å². The molecule has 0 radical (unpaired) electrons. The molecule has 0 bridgehead atoms. The Morgan fingerprint density at radius 3 is 3.00 bits per heavy atom. The molecule has 0 atom stereocenters. The second-order valence-electron chi connectivity index (χ2n) is 3.84. The van der Waals surface area contributed by atoms with E-state index in [0.717, 1.165) is 24.0 Å². The van der Waals surface area contributed by atoms with Gasteiger partial charge in [-0.15, -0.1) is 0 Å². The second kappa shape index (κ2) is 5.19. The third-order valence-electron chi connectivity index (χ3n) is 2.51. The van der Waals surface area contributed by atoms with Gasteiger partial charge in [0.2, 0.25) is 0 Å². The van der Waals surface area contributed by atoms with Crippen molar-refractivity contribution in [2.75, 3.05) is 7.11 Å². The number of nitrogens with zero attached hydrogens (tertiary/aromatic N) is 2. The summed E-state index contributed by atoms with van der Waals surface area (Å²) < 4.78 is 5.25. The highest BCUT2D eigenvalue weighted by Gasteiger charge is 2.19. The van der Waals surface area contributed by atoms with Gasteiger partial charge in [-0.3, -0.25) is 4.99 Å². The molecule has 0 spiro atoms. The molecule has 0 aromatic carbocycles. The zero-order chi connectivity index (χ0) is 12.3. The largest absolute Gasteiger partial charge is 0.496 e. The Kier molecular flexibility index (Phi) is 3.64. The zero-order valence-corrected chi connectivity index (χ0v) is 10.3. The normalized spacial score (nSPS) is 16.5. The quantitative estimate of drug-likeness (QED) is 0.660. The van der Waals surface area contributed by atoms with Gasteiger partial charge in [-0.25, -0.2) is 4.98 Å². The fourth-order valence-electron chi connectivity index (χ4n) is 1.41. The van der Waals surface area contributed by atoms with Crippen molar-refractivity contribution >= 4 is 23.4 Å². The maximum absolute atomic E-state index is 5.81. The van der Waals surface area contributed by atoms with E-state index in [4.69, 9.17) is 22.1 Å². The highest BCUT2D eigenvalue weighted by atomic mass is 35.5. The van der Waals surface area contributed by atoms with E-state index >= 15 is 0 Å². The third-order valence-corrected chi connectivity index (χ3v) is 2.72. The summed E-state index contributed by atoms with van der Waals surface area (Å²) in [6.45, 7) is 0. The molecule has 2 rings (SSSR count). The first kappa shape index (κ1) is 11.9. The van der Waals surface area contributed by atoms with E-state index in [1.165, 1.54) is 6.20 Å². The molecule has 1 aromatic heterocycles. The minimum absolute atomic E-state index is 0.390. The summed E-state index contributed by atoms with van der Waals surface area (Å²) in [5, 5.41) is 0.390. The molecule has 0 amide bonds. The van der Waals surface area contributed by atoms with Crippen molar-refractivity contribution in [3.63, 3.8) is 0 Å². The molecule has 1 aliphatic carbocycles. The molecule has 1 aliphatic rings. The van der Waals surface area contributed by atoms with Crippen LogP contribution in [0.5, 0.6) is 5.75 Å². The van der Waals surface area contributed by atoms with E-state index < -0.39 is 0 Å². The lowest BCUT2D eigenvalue weighted by atomic mass is 10.1. The van der Waals surface area contributed by atoms with Crippen LogP contribution in [-0.4, -0.2) is 24.4 Å². The Labute approximate surface area is 105 Å². The Morgan fingerprint density at radius 2 is 2.41 bits per heavy atom. The van der Waals surface area contributed by atoms with Crippen LogP contribution in [0.2, 0.25) is 5.15 Å². The summed E-state index contributed by atoms with van der Waals surface area (Å²) in [5.74, 6) is 0.643. The van der Waals surface area contributed by atoms with Crippen LogP contribution in [0, 0.1) is 0 Å². The SMILES string of the molecule is COc1cc(Cl)ncc1/C(C=NC1CC1)=C/N. The lowest BCUT2D eigenvalue weighted by molar-refractivity contribution is 0.413. The predicted octanol–water partition coefficient (Wildman–Crippen LogP) is 2.28. The standard InChI is InChI=1S/C12H14ClN3O/c1-17-11-4-12(13)16-7-10(11)8(5-14)6-15-9-2-3-9/h4-7,9H,2-3,14H2,1H3/b8-5+,15-6?. The third kappa shape index (κ3) is 2.97. The van der Waals surface area contributed by atoms with Crippen LogP contribution >= 0.6 is 11.6 Å². The van der Waals surface area contributed by atoms with E-state index in [1.807, 2.05) is 0 Å². The Morgan fingerprint density at radius 1 is 1.65 bits per heavy atom. The Hall–Kier alpha value is -1.55. The molecule has 0 saturated heterocycles. The number of rotatable bonds is 4. The summed E-state index contributed by atoms with van der Waals surface area (Å²) in [4.78, 5) is 8.42. The van der Waals surface area contributed by atoms with Gasteiger partial charge in [0.25, 0.3) is 0 Å². The van der Waals surface area contributed by atoms with Crippen LogP contribution in [0.3, 0.4) is 0 Å². The lowest BCUT2D eigenvalue weighted by Crippen LogP contribution is -1.97. The molecule has 1 saturated carbocycles. The average Bonchev–Trinajstić information content (AvgIpc) is 3.15. The molecular formula is C12H14ClN3O. The van der Waals surface area contributed by atoms with E-state index in [2.05, 4.69) is 9.98 Å². The smallest absolute Gasteiger partial charge is 0.132 e. The van der Waals surface area contributed by atoms with E-state index in [9.17, 15) is 0 Å². The zero-order valence-electron chi connectivity index (χ0n) is 9.56. The fraction of sp³-hybridized carbons (Fsp3) is 0.333. The van der Waals surface area contributed by atoms with Gasteiger partial charge in [-0.05, 0) is 12.8 Å². The van der Waals surface area contributed by atoms with Gasteiger partial charge in [0.05, 0.1) is 13.2 Å².